The zero-order chi connectivity index (χ0) is 29.2. The van der Waals surface area contributed by atoms with Gasteiger partial charge in [-0.15, -0.1) is 0 Å². The fourth-order valence-corrected chi connectivity index (χ4v) is 7.29. The van der Waals surface area contributed by atoms with Gasteiger partial charge in [-0.2, -0.15) is 4.31 Å². The van der Waals surface area contributed by atoms with E-state index in [1.165, 1.54) is 15.3 Å². The highest BCUT2D eigenvalue weighted by molar-refractivity contribution is 7.89. The minimum atomic E-state index is -3.94. The number of carbonyl (C=O) groups excluding carboxylic acids is 2. The smallest absolute Gasteiger partial charge is 0.327 e. The van der Waals surface area contributed by atoms with E-state index in [9.17, 15) is 22.8 Å². The molecule has 2 saturated heterocycles. The minimum absolute atomic E-state index is 0.0637. The summed E-state index contributed by atoms with van der Waals surface area (Å²) in [6, 6.07) is 11.9. The van der Waals surface area contributed by atoms with Crippen molar-refractivity contribution in [2.45, 2.75) is 56.9 Å². The molecule has 4 rings (SSSR count). The molecule has 0 aromatic heterocycles. The lowest BCUT2D eigenvalue weighted by atomic mass is 9.86. The topological polar surface area (TPSA) is 125 Å². The Morgan fingerprint density at radius 2 is 1.68 bits per heavy atom. The van der Waals surface area contributed by atoms with Gasteiger partial charge >= 0.3 is 12.0 Å². The molecule has 10 nitrogen and oxygen atoms in total. The van der Waals surface area contributed by atoms with E-state index in [1.807, 2.05) is 38.1 Å². The van der Waals surface area contributed by atoms with Crippen LogP contribution in [0.1, 0.15) is 43.4 Å². The lowest BCUT2D eigenvalue weighted by molar-refractivity contribution is -0.136. The molecule has 2 aliphatic heterocycles. The summed E-state index contributed by atoms with van der Waals surface area (Å²) in [4.78, 5) is 41.5. The first-order valence-electron chi connectivity index (χ1n) is 13.5. The molecule has 11 heteroatoms. The van der Waals surface area contributed by atoms with E-state index in [1.54, 1.807) is 31.1 Å². The van der Waals surface area contributed by atoms with Gasteiger partial charge in [-0.3, -0.25) is 14.5 Å². The zero-order valence-electron chi connectivity index (χ0n) is 23.4. The standard InChI is InChI=1S/C29H37N3O7S/c1-20(2)19-31-27(35)29(32(28(31)36)14-11-22-7-9-24(39-4)10-8-22)12-15-30(16-13-29)40(37,38)25-17-23(18-26(33)34)6-5-21(25)3/h5-10,17,20H,11-16,18-19H2,1-4H3,(H,33,34). The number of carboxylic acid groups (broad SMARTS) is 1. The number of sulfonamides is 1. The molecule has 1 N–H and O–H groups in total. The number of imide groups is 1. The molecule has 3 amide bonds. The Morgan fingerprint density at radius 1 is 1.05 bits per heavy atom. The second-order valence-electron chi connectivity index (χ2n) is 10.9. The van der Waals surface area contributed by atoms with Crippen LogP contribution in [0.25, 0.3) is 0 Å². The van der Waals surface area contributed by atoms with Crippen LogP contribution in [0.2, 0.25) is 0 Å². The molecule has 2 aromatic rings. The van der Waals surface area contributed by atoms with Gasteiger partial charge in [0.2, 0.25) is 10.0 Å². The first-order valence-corrected chi connectivity index (χ1v) is 14.9. The summed E-state index contributed by atoms with van der Waals surface area (Å²) >= 11 is 0. The van der Waals surface area contributed by atoms with Gasteiger partial charge < -0.3 is 14.7 Å². The van der Waals surface area contributed by atoms with Crippen molar-refractivity contribution in [1.29, 1.82) is 0 Å². The van der Waals surface area contributed by atoms with E-state index in [2.05, 4.69) is 0 Å². The number of carbonyl (C=O) groups is 3. The highest BCUT2D eigenvalue weighted by Gasteiger charge is 2.58. The van der Waals surface area contributed by atoms with E-state index < -0.39 is 21.5 Å². The van der Waals surface area contributed by atoms with Crippen molar-refractivity contribution in [3.63, 3.8) is 0 Å². The first-order chi connectivity index (χ1) is 18.9. The number of urea groups is 1. The maximum Gasteiger partial charge on any atom is 0.327 e. The highest BCUT2D eigenvalue weighted by atomic mass is 32.2. The summed E-state index contributed by atoms with van der Waals surface area (Å²) in [6.45, 7) is 6.33. The van der Waals surface area contributed by atoms with Crippen LogP contribution in [-0.2, 0) is 32.5 Å². The zero-order valence-corrected chi connectivity index (χ0v) is 24.2. The summed E-state index contributed by atoms with van der Waals surface area (Å²) in [6.07, 6.45) is 0.624. The third-order valence-electron chi connectivity index (χ3n) is 7.73. The second-order valence-corrected chi connectivity index (χ2v) is 12.9. The van der Waals surface area contributed by atoms with Gasteiger partial charge in [0.25, 0.3) is 5.91 Å². The van der Waals surface area contributed by atoms with E-state index in [0.29, 0.717) is 30.6 Å². The monoisotopic (exact) mass is 571 g/mol. The summed E-state index contributed by atoms with van der Waals surface area (Å²) in [5.74, 6) is -0.490. The molecule has 40 heavy (non-hydrogen) atoms. The van der Waals surface area contributed by atoms with Crippen LogP contribution in [0.15, 0.2) is 47.4 Å². The number of piperidine rings is 1. The van der Waals surface area contributed by atoms with Gasteiger partial charge in [-0.25, -0.2) is 13.2 Å². The molecule has 0 bridgehead atoms. The van der Waals surface area contributed by atoms with Gasteiger partial charge in [-0.1, -0.05) is 38.1 Å². The molecule has 0 unspecified atom stereocenters. The van der Waals surface area contributed by atoms with Crippen LogP contribution >= 0.6 is 0 Å². The van der Waals surface area contributed by atoms with Gasteiger partial charge in [0, 0.05) is 26.2 Å². The number of benzene rings is 2. The molecule has 2 aromatic carbocycles. The number of ether oxygens (including phenoxy) is 1. The number of aliphatic carboxylic acids is 1. The largest absolute Gasteiger partial charge is 0.497 e. The lowest BCUT2D eigenvalue weighted by Gasteiger charge is -2.41. The summed E-state index contributed by atoms with van der Waals surface area (Å²) in [5.41, 5.74) is 0.807. The third kappa shape index (κ3) is 5.71. The predicted molar refractivity (Wildman–Crippen MR) is 149 cm³/mol. The number of hydrogen-bond acceptors (Lipinski definition) is 6. The van der Waals surface area contributed by atoms with Gasteiger partial charge in [0.1, 0.15) is 11.3 Å². The fraction of sp³-hybridized carbons (Fsp3) is 0.483. The second kappa shape index (κ2) is 11.6. The molecule has 1 spiro atoms. The SMILES string of the molecule is COc1ccc(CCN2C(=O)N(CC(C)C)C(=O)C23CCN(S(=O)(=O)c2cc(CC(=O)O)ccc2C)CC3)cc1. The molecule has 0 atom stereocenters. The number of aryl methyl sites for hydroxylation is 1. The summed E-state index contributed by atoms with van der Waals surface area (Å²) in [5, 5.41) is 9.15. The lowest BCUT2D eigenvalue weighted by Crippen LogP contribution is -2.57. The average molecular weight is 572 g/mol. The minimum Gasteiger partial charge on any atom is -0.497 e. The van der Waals surface area contributed by atoms with E-state index in [-0.39, 0.29) is 55.1 Å². The Kier molecular flexibility index (Phi) is 8.55. The molecular weight excluding hydrogens is 534 g/mol. The van der Waals surface area contributed by atoms with Crippen molar-refractivity contribution in [2.24, 2.45) is 5.92 Å². The van der Waals surface area contributed by atoms with Gasteiger partial charge in [0.05, 0.1) is 18.4 Å². The Balaban J connectivity index is 1.58. The molecule has 216 valence electrons. The average Bonchev–Trinajstić information content (AvgIpc) is 3.09. The van der Waals surface area contributed by atoms with Crippen molar-refractivity contribution in [1.82, 2.24) is 14.1 Å². The van der Waals surface area contributed by atoms with Crippen LogP contribution < -0.4 is 4.74 Å². The number of carboxylic acids is 1. The maximum absolute atomic E-state index is 13.8. The van der Waals surface area contributed by atoms with Crippen LogP contribution in [0.5, 0.6) is 5.75 Å². The van der Waals surface area contributed by atoms with E-state index >= 15 is 0 Å². The first kappa shape index (κ1) is 29.5. The highest BCUT2D eigenvalue weighted by Crippen LogP contribution is 2.39. The van der Waals surface area contributed by atoms with Crippen LogP contribution in [0, 0.1) is 12.8 Å². The third-order valence-corrected chi connectivity index (χ3v) is 9.77. The van der Waals surface area contributed by atoms with E-state index in [0.717, 1.165) is 11.3 Å². The Hall–Kier alpha value is -3.44. The van der Waals surface area contributed by atoms with Crippen molar-refractivity contribution >= 4 is 27.9 Å². The maximum atomic E-state index is 13.8. The Labute approximate surface area is 235 Å². The molecule has 0 saturated carbocycles. The number of methoxy groups -OCH3 is 1. The van der Waals surface area contributed by atoms with Crippen molar-refractivity contribution in [2.75, 3.05) is 33.3 Å². The van der Waals surface area contributed by atoms with Crippen LogP contribution in [0.4, 0.5) is 4.79 Å². The molecule has 2 heterocycles. The quantitative estimate of drug-likeness (QED) is 0.434. The number of rotatable bonds is 10. The van der Waals surface area contributed by atoms with Crippen molar-refractivity contribution in [3.8, 4) is 5.75 Å². The fourth-order valence-electron chi connectivity index (χ4n) is 5.58. The molecule has 2 aliphatic rings. The summed E-state index contributed by atoms with van der Waals surface area (Å²) < 4.78 is 33.9. The molecule has 2 fully saturated rings. The Bertz CT molecular complexity index is 1380. The van der Waals surface area contributed by atoms with Crippen molar-refractivity contribution in [3.05, 3.63) is 59.2 Å². The molecule has 0 radical (unpaired) electrons. The Morgan fingerprint density at radius 3 is 2.25 bits per heavy atom. The predicted octanol–water partition coefficient (Wildman–Crippen LogP) is 3.32. The van der Waals surface area contributed by atoms with Crippen LogP contribution in [0.3, 0.4) is 0 Å². The van der Waals surface area contributed by atoms with E-state index in [4.69, 9.17) is 9.84 Å². The number of nitrogens with zero attached hydrogens (tertiary/aromatic N) is 3. The molecule has 0 aliphatic carbocycles. The molecular formula is C29H37N3O7S. The summed E-state index contributed by atoms with van der Waals surface area (Å²) in [7, 11) is -2.35. The van der Waals surface area contributed by atoms with Crippen molar-refractivity contribution < 1.29 is 32.6 Å². The number of hydrogen-bond donors (Lipinski definition) is 1. The van der Waals surface area contributed by atoms with Gasteiger partial charge in [-0.05, 0) is 67.0 Å². The number of amides is 3. The normalized spacial score (nSPS) is 17.7. The van der Waals surface area contributed by atoms with Gasteiger partial charge in [0.15, 0.2) is 0 Å². The van der Waals surface area contributed by atoms with Crippen LogP contribution in [-0.4, -0.2) is 84.4 Å².